The van der Waals surface area contributed by atoms with Crippen molar-refractivity contribution in [2.45, 2.75) is 47.0 Å². The number of carbonyl (C=O) groups excluding carboxylic acids is 2. The Kier molecular flexibility index (Phi) is 5.21. The highest BCUT2D eigenvalue weighted by Gasteiger charge is 2.22. The van der Waals surface area contributed by atoms with Crippen molar-refractivity contribution >= 4 is 11.9 Å². The molecule has 0 fully saturated rings. The van der Waals surface area contributed by atoms with E-state index in [0.717, 1.165) is 6.42 Å². The van der Waals surface area contributed by atoms with Crippen LogP contribution in [-0.2, 0) is 9.59 Å². The van der Waals surface area contributed by atoms with Crippen LogP contribution in [0.25, 0.3) is 0 Å². The molecular formula is C12H18O4-2. The third-order valence-corrected chi connectivity index (χ3v) is 2.28. The molecule has 0 aromatic carbocycles. The second-order valence-electron chi connectivity index (χ2n) is 4.78. The molecule has 0 unspecified atom stereocenters. The fourth-order valence-electron chi connectivity index (χ4n) is 1.56. The Morgan fingerprint density at radius 2 is 1.56 bits per heavy atom. The molecule has 4 heteroatoms. The second kappa shape index (κ2) is 5.68. The largest absolute Gasteiger partial charge is 0.545 e. The molecule has 0 heterocycles. The van der Waals surface area contributed by atoms with Gasteiger partial charge in [0.2, 0.25) is 0 Å². The zero-order chi connectivity index (χ0) is 12.9. The van der Waals surface area contributed by atoms with Crippen molar-refractivity contribution in [1.82, 2.24) is 0 Å². The van der Waals surface area contributed by atoms with Gasteiger partial charge in [-0.15, -0.1) is 0 Å². The van der Waals surface area contributed by atoms with Crippen LogP contribution in [0, 0.1) is 5.41 Å². The molecule has 0 bridgehead atoms. The number of unbranched alkanes of at least 4 members (excludes halogenated alkanes) is 1. The molecular weight excluding hydrogens is 208 g/mol. The van der Waals surface area contributed by atoms with Gasteiger partial charge >= 0.3 is 0 Å². The van der Waals surface area contributed by atoms with Gasteiger partial charge in [0.15, 0.2) is 0 Å². The summed E-state index contributed by atoms with van der Waals surface area (Å²) in [7, 11) is 0. The maximum atomic E-state index is 11.0. The summed E-state index contributed by atoms with van der Waals surface area (Å²) < 4.78 is 0. The highest BCUT2D eigenvalue weighted by molar-refractivity contribution is 5.97. The zero-order valence-corrected chi connectivity index (χ0v) is 10.3. The number of hydrogen-bond donors (Lipinski definition) is 0. The molecule has 16 heavy (non-hydrogen) atoms. The average Bonchev–Trinajstić information content (AvgIpc) is 2.08. The first-order chi connectivity index (χ1) is 7.21. The first kappa shape index (κ1) is 14.7. The predicted molar refractivity (Wildman–Crippen MR) is 56.0 cm³/mol. The SMILES string of the molecule is CCCC/C(C(=O)[O-])=C(\C(=O)[O-])C(C)(C)C. The minimum atomic E-state index is -1.43. The van der Waals surface area contributed by atoms with Crippen molar-refractivity contribution in [3.05, 3.63) is 11.1 Å². The standard InChI is InChI=1S/C12H20O4/c1-5-6-7-8(10(13)14)9(11(15)16)12(2,3)4/h5-7H2,1-4H3,(H,13,14)(H,15,16)/p-2/b9-8-. The molecule has 0 rings (SSSR count). The van der Waals surface area contributed by atoms with E-state index in [1.165, 1.54) is 0 Å². The molecule has 0 aliphatic carbocycles. The summed E-state index contributed by atoms with van der Waals surface area (Å²) in [5.41, 5.74) is -1.07. The van der Waals surface area contributed by atoms with E-state index in [4.69, 9.17) is 0 Å². The van der Waals surface area contributed by atoms with Gasteiger partial charge in [-0.1, -0.05) is 34.1 Å². The van der Waals surface area contributed by atoms with Gasteiger partial charge in [-0.2, -0.15) is 0 Å². The molecule has 0 saturated carbocycles. The number of aliphatic carboxylic acids is 2. The summed E-state index contributed by atoms with van der Waals surface area (Å²) in [5.74, 6) is -2.84. The molecule has 0 atom stereocenters. The van der Waals surface area contributed by atoms with Crippen LogP contribution in [0.1, 0.15) is 47.0 Å². The Balaban J connectivity index is 5.46. The van der Waals surface area contributed by atoms with Crippen LogP contribution in [0.4, 0.5) is 0 Å². The second-order valence-corrected chi connectivity index (χ2v) is 4.78. The lowest BCUT2D eigenvalue weighted by molar-refractivity contribution is -0.305. The van der Waals surface area contributed by atoms with Gasteiger partial charge in [0.25, 0.3) is 0 Å². The Bertz CT molecular complexity index is 307. The molecule has 0 aromatic rings. The van der Waals surface area contributed by atoms with Gasteiger partial charge in [-0.05, 0) is 29.4 Å². The third kappa shape index (κ3) is 4.04. The van der Waals surface area contributed by atoms with E-state index >= 15 is 0 Å². The molecule has 92 valence electrons. The van der Waals surface area contributed by atoms with Crippen LogP contribution in [0.2, 0.25) is 0 Å². The number of rotatable bonds is 5. The average molecular weight is 226 g/mol. The van der Waals surface area contributed by atoms with E-state index in [9.17, 15) is 19.8 Å². The minimum absolute atomic E-state index is 0.144. The topological polar surface area (TPSA) is 80.3 Å². The molecule has 4 nitrogen and oxygen atoms in total. The number of carbonyl (C=O) groups is 2. The summed E-state index contributed by atoms with van der Waals surface area (Å²) in [6, 6.07) is 0. The van der Waals surface area contributed by atoms with Crippen molar-refractivity contribution in [3.63, 3.8) is 0 Å². The molecule has 0 spiro atoms. The predicted octanol–water partition coefficient (Wildman–Crippen LogP) is 0.0191. The first-order valence-corrected chi connectivity index (χ1v) is 5.38. The summed E-state index contributed by atoms with van der Waals surface area (Å²) in [5, 5.41) is 21.9. The molecule has 0 saturated heterocycles. The highest BCUT2D eigenvalue weighted by atomic mass is 16.4. The third-order valence-electron chi connectivity index (χ3n) is 2.28. The molecule has 0 aliphatic heterocycles. The smallest absolute Gasteiger partial charge is 0.0683 e. The van der Waals surface area contributed by atoms with Crippen LogP contribution in [-0.4, -0.2) is 11.9 Å². The van der Waals surface area contributed by atoms with Crippen molar-refractivity contribution in [2.24, 2.45) is 5.41 Å². The number of carboxylic acids is 2. The summed E-state index contributed by atoms with van der Waals surface area (Å²) in [6.45, 7) is 6.84. The number of carboxylic acid groups (broad SMARTS) is 2. The van der Waals surface area contributed by atoms with Crippen molar-refractivity contribution in [3.8, 4) is 0 Å². The normalized spacial score (nSPS) is 13.2. The first-order valence-electron chi connectivity index (χ1n) is 5.38. The quantitative estimate of drug-likeness (QED) is 0.619. The van der Waals surface area contributed by atoms with Gasteiger partial charge in [0.1, 0.15) is 0 Å². The maximum absolute atomic E-state index is 11.0. The lowest BCUT2D eigenvalue weighted by Gasteiger charge is -2.28. The van der Waals surface area contributed by atoms with E-state index in [1.54, 1.807) is 20.8 Å². The van der Waals surface area contributed by atoms with Crippen LogP contribution in [0.3, 0.4) is 0 Å². The van der Waals surface area contributed by atoms with Crippen LogP contribution in [0.15, 0.2) is 11.1 Å². The number of hydrogen-bond acceptors (Lipinski definition) is 4. The van der Waals surface area contributed by atoms with Crippen molar-refractivity contribution in [1.29, 1.82) is 0 Å². The van der Waals surface area contributed by atoms with E-state index in [2.05, 4.69) is 0 Å². The monoisotopic (exact) mass is 226 g/mol. The minimum Gasteiger partial charge on any atom is -0.545 e. The van der Waals surface area contributed by atoms with Crippen molar-refractivity contribution in [2.75, 3.05) is 0 Å². The Labute approximate surface area is 96.0 Å². The Morgan fingerprint density at radius 3 is 1.81 bits per heavy atom. The molecule has 0 aliphatic rings. The lowest BCUT2D eigenvalue weighted by atomic mass is 9.82. The van der Waals surface area contributed by atoms with Gasteiger partial charge in [-0.25, -0.2) is 0 Å². The fourth-order valence-corrected chi connectivity index (χ4v) is 1.56. The summed E-state index contributed by atoms with van der Waals surface area (Å²) >= 11 is 0. The molecule has 0 N–H and O–H groups in total. The molecule has 0 aromatic heterocycles. The van der Waals surface area contributed by atoms with Gasteiger partial charge < -0.3 is 19.8 Å². The Hall–Kier alpha value is -1.32. The van der Waals surface area contributed by atoms with Crippen LogP contribution >= 0.6 is 0 Å². The molecule has 0 radical (unpaired) electrons. The van der Waals surface area contributed by atoms with Crippen molar-refractivity contribution < 1.29 is 19.8 Å². The lowest BCUT2D eigenvalue weighted by Crippen LogP contribution is -2.36. The van der Waals surface area contributed by atoms with Gasteiger partial charge in [0.05, 0.1) is 11.9 Å². The Morgan fingerprint density at radius 1 is 1.06 bits per heavy atom. The summed E-state index contributed by atoms with van der Waals surface area (Å²) in [4.78, 5) is 21.9. The van der Waals surface area contributed by atoms with Crippen LogP contribution < -0.4 is 10.2 Å². The molecule has 0 amide bonds. The summed E-state index contributed by atoms with van der Waals surface area (Å²) in [6.07, 6.45) is 1.62. The maximum Gasteiger partial charge on any atom is 0.0683 e. The van der Waals surface area contributed by atoms with Gasteiger partial charge in [0, 0.05) is 0 Å². The highest BCUT2D eigenvalue weighted by Crippen LogP contribution is 2.29. The van der Waals surface area contributed by atoms with E-state index < -0.39 is 17.4 Å². The van der Waals surface area contributed by atoms with Crippen LogP contribution in [0.5, 0.6) is 0 Å². The zero-order valence-electron chi connectivity index (χ0n) is 10.3. The van der Waals surface area contributed by atoms with E-state index in [0.29, 0.717) is 6.42 Å². The van der Waals surface area contributed by atoms with E-state index in [-0.39, 0.29) is 17.6 Å². The fraction of sp³-hybridized carbons (Fsp3) is 0.667. The van der Waals surface area contributed by atoms with Gasteiger partial charge in [-0.3, -0.25) is 0 Å². The van der Waals surface area contributed by atoms with E-state index in [1.807, 2.05) is 6.92 Å².